The zero-order valence-electron chi connectivity index (χ0n) is 19.2. The van der Waals surface area contributed by atoms with Crippen molar-refractivity contribution in [3.63, 3.8) is 0 Å². The van der Waals surface area contributed by atoms with Crippen molar-refractivity contribution >= 4 is 0 Å². The van der Waals surface area contributed by atoms with Crippen LogP contribution in [0.5, 0.6) is 5.75 Å². The third-order valence-corrected chi connectivity index (χ3v) is 6.76. The molecule has 2 heteroatoms. The molecule has 1 heterocycles. The molecule has 0 radical (unpaired) electrons. The van der Waals surface area contributed by atoms with Crippen LogP contribution in [0.25, 0.3) is 11.3 Å². The van der Waals surface area contributed by atoms with E-state index < -0.39 is 0 Å². The van der Waals surface area contributed by atoms with E-state index in [2.05, 4.69) is 55.2 Å². The quantitative estimate of drug-likeness (QED) is 0.330. The molecular weight excluding hydrogens is 366 g/mol. The van der Waals surface area contributed by atoms with Gasteiger partial charge in [0.15, 0.2) is 0 Å². The van der Waals surface area contributed by atoms with Crippen LogP contribution in [0, 0.1) is 11.8 Å². The molecule has 1 aromatic carbocycles. The van der Waals surface area contributed by atoms with Crippen molar-refractivity contribution in [1.82, 2.24) is 4.98 Å². The van der Waals surface area contributed by atoms with E-state index in [0.29, 0.717) is 0 Å². The Balaban J connectivity index is 1.42. The largest absolute Gasteiger partial charge is 0.494 e. The summed E-state index contributed by atoms with van der Waals surface area (Å²) in [6, 6.07) is 12.8. The molecule has 1 aromatic heterocycles. The van der Waals surface area contributed by atoms with Crippen LogP contribution in [0.3, 0.4) is 0 Å². The van der Waals surface area contributed by atoms with Gasteiger partial charge in [0.05, 0.1) is 12.3 Å². The minimum Gasteiger partial charge on any atom is -0.494 e. The third kappa shape index (κ3) is 7.15. The highest BCUT2D eigenvalue weighted by Crippen LogP contribution is 2.36. The van der Waals surface area contributed by atoms with E-state index in [9.17, 15) is 0 Å². The lowest BCUT2D eigenvalue weighted by atomic mass is 9.75. The van der Waals surface area contributed by atoms with Gasteiger partial charge in [-0.3, -0.25) is 4.98 Å². The standard InChI is InChI=1S/C28H41NO/c1-3-5-6-11-23-15-20-28(29-22-23)26-16-18-27(19-17-26)30-21-9-14-25-13-8-7-12-24(25)10-4-2/h15-20,22,24-25H,3-14,21H2,1-2H3. The Morgan fingerprint density at radius 2 is 1.60 bits per heavy atom. The number of hydrogen-bond acceptors (Lipinski definition) is 2. The molecule has 2 aromatic rings. The van der Waals surface area contributed by atoms with Crippen molar-refractivity contribution in [1.29, 1.82) is 0 Å². The van der Waals surface area contributed by atoms with Crippen LogP contribution in [0.1, 0.15) is 90.0 Å². The summed E-state index contributed by atoms with van der Waals surface area (Å²) in [7, 11) is 0. The molecule has 0 N–H and O–H groups in total. The van der Waals surface area contributed by atoms with Gasteiger partial charge >= 0.3 is 0 Å². The maximum atomic E-state index is 6.04. The van der Waals surface area contributed by atoms with Crippen molar-refractivity contribution < 1.29 is 4.74 Å². The molecule has 164 valence electrons. The number of ether oxygens (including phenoxy) is 1. The molecule has 1 fully saturated rings. The second-order valence-electron chi connectivity index (χ2n) is 9.12. The number of rotatable bonds is 12. The van der Waals surface area contributed by atoms with Crippen molar-refractivity contribution in [2.45, 2.75) is 90.9 Å². The van der Waals surface area contributed by atoms with Gasteiger partial charge in [0, 0.05) is 11.8 Å². The summed E-state index contributed by atoms with van der Waals surface area (Å²) >= 11 is 0. The molecule has 0 spiro atoms. The van der Waals surface area contributed by atoms with Gasteiger partial charge < -0.3 is 4.74 Å². The highest BCUT2D eigenvalue weighted by atomic mass is 16.5. The SMILES string of the molecule is CCCCCc1ccc(-c2ccc(OCCCC3CCCCC3CCC)cc2)nc1. The number of nitrogens with zero attached hydrogens (tertiary/aromatic N) is 1. The Bertz CT molecular complexity index is 704. The molecule has 2 unspecified atom stereocenters. The molecular formula is C28H41NO. The van der Waals surface area contributed by atoms with Crippen LogP contribution >= 0.6 is 0 Å². The summed E-state index contributed by atoms with van der Waals surface area (Å²) in [5, 5.41) is 0. The molecule has 1 saturated carbocycles. The van der Waals surface area contributed by atoms with Crippen LogP contribution in [0.4, 0.5) is 0 Å². The van der Waals surface area contributed by atoms with Gasteiger partial charge in [0.25, 0.3) is 0 Å². The first-order valence-corrected chi connectivity index (χ1v) is 12.5. The first-order valence-electron chi connectivity index (χ1n) is 12.5. The van der Waals surface area contributed by atoms with Crippen LogP contribution in [0.2, 0.25) is 0 Å². The van der Waals surface area contributed by atoms with Crippen LogP contribution in [-0.4, -0.2) is 11.6 Å². The second-order valence-corrected chi connectivity index (χ2v) is 9.12. The maximum Gasteiger partial charge on any atom is 0.119 e. The number of aryl methyl sites for hydroxylation is 1. The molecule has 3 rings (SSSR count). The number of pyridine rings is 1. The average Bonchev–Trinajstić information content (AvgIpc) is 2.79. The van der Waals surface area contributed by atoms with E-state index in [1.807, 2.05) is 6.20 Å². The maximum absolute atomic E-state index is 6.04. The van der Waals surface area contributed by atoms with Crippen molar-refractivity contribution in [3.8, 4) is 17.0 Å². The van der Waals surface area contributed by atoms with Crippen molar-refractivity contribution in [2.75, 3.05) is 6.61 Å². The Kier molecular flexibility index (Phi) is 9.73. The van der Waals surface area contributed by atoms with E-state index in [0.717, 1.165) is 41.9 Å². The van der Waals surface area contributed by atoms with Gasteiger partial charge in [0.2, 0.25) is 0 Å². The highest BCUT2D eigenvalue weighted by Gasteiger charge is 2.23. The Labute approximate surface area is 184 Å². The Hall–Kier alpha value is -1.83. The van der Waals surface area contributed by atoms with Crippen LogP contribution < -0.4 is 4.74 Å². The molecule has 1 aliphatic carbocycles. The summed E-state index contributed by atoms with van der Waals surface area (Å²) < 4.78 is 6.04. The van der Waals surface area contributed by atoms with E-state index in [-0.39, 0.29) is 0 Å². The summed E-state index contributed by atoms with van der Waals surface area (Å²) in [5.41, 5.74) is 3.54. The fourth-order valence-electron chi connectivity index (χ4n) is 5.00. The zero-order valence-corrected chi connectivity index (χ0v) is 19.2. The molecule has 0 amide bonds. The predicted octanol–water partition coefficient (Wildman–Crippen LogP) is 8.25. The summed E-state index contributed by atoms with van der Waals surface area (Å²) in [5.74, 6) is 2.87. The molecule has 0 aliphatic heterocycles. The molecule has 2 atom stereocenters. The molecule has 30 heavy (non-hydrogen) atoms. The van der Waals surface area contributed by atoms with Gasteiger partial charge in [0.1, 0.15) is 5.75 Å². The van der Waals surface area contributed by atoms with E-state index in [1.165, 1.54) is 76.2 Å². The first-order chi connectivity index (χ1) is 14.8. The number of unbranched alkanes of at least 4 members (excludes halogenated alkanes) is 2. The lowest BCUT2D eigenvalue weighted by molar-refractivity contribution is 0.193. The van der Waals surface area contributed by atoms with Gasteiger partial charge in [-0.25, -0.2) is 0 Å². The average molecular weight is 408 g/mol. The monoisotopic (exact) mass is 407 g/mol. The number of hydrogen-bond donors (Lipinski definition) is 0. The van der Waals surface area contributed by atoms with Crippen LogP contribution in [-0.2, 0) is 6.42 Å². The lowest BCUT2D eigenvalue weighted by Crippen LogP contribution is -2.20. The van der Waals surface area contributed by atoms with Gasteiger partial charge in [-0.05, 0) is 73.4 Å². The Morgan fingerprint density at radius 1 is 0.833 bits per heavy atom. The smallest absolute Gasteiger partial charge is 0.119 e. The first kappa shape index (κ1) is 22.8. The normalized spacial score (nSPS) is 19.0. The zero-order chi connectivity index (χ0) is 21.0. The van der Waals surface area contributed by atoms with Crippen molar-refractivity contribution in [3.05, 3.63) is 48.2 Å². The minimum absolute atomic E-state index is 0.833. The molecule has 2 nitrogen and oxygen atoms in total. The predicted molar refractivity (Wildman–Crippen MR) is 128 cm³/mol. The number of aromatic nitrogens is 1. The Morgan fingerprint density at radius 3 is 2.27 bits per heavy atom. The summed E-state index contributed by atoms with van der Waals surface area (Å²) in [6.45, 7) is 5.41. The minimum atomic E-state index is 0.833. The van der Waals surface area contributed by atoms with Crippen molar-refractivity contribution in [2.24, 2.45) is 11.8 Å². The van der Waals surface area contributed by atoms with Crippen LogP contribution in [0.15, 0.2) is 42.6 Å². The molecule has 0 saturated heterocycles. The lowest BCUT2D eigenvalue weighted by Gasteiger charge is -2.31. The van der Waals surface area contributed by atoms with E-state index in [4.69, 9.17) is 4.74 Å². The molecule has 0 bridgehead atoms. The summed E-state index contributed by atoms with van der Waals surface area (Å²) in [6.07, 6.45) is 18.0. The topological polar surface area (TPSA) is 22.1 Å². The van der Waals surface area contributed by atoms with E-state index in [1.54, 1.807) is 0 Å². The van der Waals surface area contributed by atoms with Gasteiger partial charge in [-0.15, -0.1) is 0 Å². The van der Waals surface area contributed by atoms with E-state index >= 15 is 0 Å². The molecule has 1 aliphatic rings. The van der Waals surface area contributed by atoms with Gasteiger partial charge in [-0.1, -0.05) is 71.3 Å². The highest BCUT2D eigenvalue weighted by molar-refractivity contribution is 5.60. The fourth-order valence-corrected chi connectivity index (χ4v) is 5.00. The summed E-state index contributed by atoms with van der Waals surface area (Å²) in [4.78, 5) is 4.67. The third-order valence-electron chi connectivity index (χ3n) is 6.76. The fraction of sp³-hybridized carbons (Fsp3) is 0.607. The van der Waals surface area contributed by atoms with Gasteiger partial charge in [-0.2, -0.15) is 0 Å². The second kappa shape index (κ2) is 12.8. The number of benzene rings is 1.